The van der Waals surface area contributed by atoms with Crippen LogP contribution in [0.1, 0.15) is 32.9 Å². The van der Waals surface area contributed by atoms with Crippen molar-refractivity contribution in [3.05, 3.63) is 76.6 Å². The zero-order chi connectivity index (χ0) is 17.3. The van der Waals surface area contributed by atoms with Gasteiger partial charge in [-0.15, -0.1) is 0 Å². The Morgan fingerprint density at radius 3 is 2.17 bits per heavy atom. The number of hydrogen-bond donors (Lipinski definition) is 1. The molecular formula is C20H21N3O. The summed E-state index contributed by atoms with van der Waals surface area (Å²) in [7, 11) is 0. The number of nitrogens with one attached hydrogen (secondary N) is 1. The van der Waals surface area contributed by atoms with E-state index in [0.717, 1.165) is 33.9 Å². The lowest BCUT2D eigenvalue weighted by Gasteiger charge is -2.12. The van der Waals surface area contributed by atoms with Crippen LogP contribution in [0.2, 0.25) is 0 Å². The fourth-order valence-corrected chi connectivity index (χ4v) is 2.98. The van der Waals surface area contributed by atoms with Gasteiger partial charge in [-0.2, -0.15) is 5.10 Å². The predicted molar refractivity (Wildman–Crippen MR) is 96.9 cm³/mol. The molecule has 0 unspecified atom stereocenters. The van der Waals surface area contributed by atoms with Crippen LogP contribution in [0.4, 0.5) is 5.69 Å². The first kappa shape index (κ1) is 16.0. The van der Waals surface area contributed by atoms with Crippen molar-refractivity contribution in [3.8, 4) is 5.69 Å². The summed E-state index contributed by atoms with van der Waals surface area (Å²) in [5.74, 6) is -0.121. The molecule has 0 saturated heterocycles. The molecule has 24 heavy (non-hydrogen) atoms. The molecule has 3 aromatic rings. The molecule has 1 heterocycles. The van der Waals surface area contributed by atoms with E-state index in [1.165, 1.54) is 0 Å². The molecule has 2 aromatic carbocycles. The fraction of sp³-hybridized carbons (Fsp3) is 0.200. The molecule has 0 saturated carbocycles. The van der Waals surface area contributed by atoms with E-state index in [2.05, 4.69) is 10.4 Å². The SMILES string of the molecule is Cc1cccc(C)c1NC(=O)c1c(C)nn(-c2ccccc2)c1C. The first-order valence-corrected chi connectivity index (χ1v) is 7.98. The topological polar surface area (TPSA) is 46.9 Å². The van der Waals surface area contributed by atoms with Crippen LogP contribution in [0.3, 0.4) is 0 Å². The fourth-order valence-electron chi connectivity index (χ4n) is 2.98. The van der Waals surface area contributed by atoms with E-state index in [9.17, 15) is 4.79 Å². The van der Waals surface area contributed by atoms with Gasteiger partial charge in [0, 0.05) is 5.69 Å². The smallest absolute Gasteiger partial charge is 0.259 e. The molecule has 1 aromatic heterocycles. The third-order valence-electron chi connectivity index (χ3n) is 4.24. The summed E-state index contributed by atoms with van der Waals surface area (Å²) in [5, 5.41) is 7.59. The summed E-state index contributed by atoms with van der Waals surface area (Å²) in [6.07, 6.45) is 0. The minimum Gasteiger partial charge on any atom is -0.321 e. The first-order valence-electron chi connectivity index (χ1n) is 7.98. The summed E-state index contributed by atoms with van der Waals surface area (Å²) < 4.78 is 1.81. The van der Waals surface area contributed by atoms with E-state index >= 15 is 0 Å². The lowest BCUT2D eigenvalue weighted by molar-refractivity contribution is 0.102. The summed E-state index contributed by atoms with van der Waals surface area (Å²) in [4.78, 5) is 12.8. The highest BCUT2D eigenvalue weighted by Crippen LogP contribution is 2.23. The molecule has 4 heteroatoms. The Morgan fingerprint density at radius 1 is 0.917 bits per heavy atom. The molecule has 0 aliphatic rings. The van der Waals surface area contributed by atoms with E-state index in [1.807, 2.05) is 80.9 Å². The van der Waals surface area contributed by atoms with Crippen LogP contribution in [-0.2, 0) is 0 Å². The number of para-hydroxylation sites is 2. The van der Waals surface area contributed by atoms with Gasteiger partial charge in [-0.25, -0.2) is 4.68 Å². The maximum Gasteiger partial charge on any atom is 0.259 e. The van der Waals surface area contributed by atoms with Gasteiger partial charge >= 0.3 is 0 Å². The van der Waals surface area contributed by atoms with Crippen LogP contribution in [0.15, 0.2) is 48.5 Å². The van der Waals surface area contributed by atoms with Crippen molar-refractivity contribution in [2.75, 3.05) is 5.32 Å². The van der Waals surface area contributed by atoms with Crippen LogP contribution in [-0.4, -0.2) is 15.7 Å². The van der Waals surface area contributed by atoms with Crippen molar-refractivity contribution in [1.29, 1.82) is 0 Å². The molecule has 0 atom stereocenters. The quantitative estimate of drug-likeness (QED) is 0.780. The molecule has 0 aliphatic carbocycles. The minimum atomic E-state index is -0.121. The third kappa shape index (κ3) is 2.83. The Morgan fingerprint density at radius 2 is 1.54 bits per heavy atom. The average molecular weight is 319 g/mol. The van der Waals surface area contributed by atoms with Gasteiger partial charge in [0.1, 0.15) is 0 Å². The Labute approximate surface area is 142 Å². The molecule has 0 bridgehead atoms. The van der Waals surface area contributed by atoms with Crippen molar-refractivity contribution >= 4 is 11.6 Å². The van der Waals surface area contributed by atoms with E-state index in [1.54, 1.807) is 0 Å². The largest absolute Gasteiger partial charge is 0.321 e. The highest BCUT2D eigenvalue weighted by molar-refractivity contribution is 6.06. The van der Waals surface area contributed by atoms with Crippen molar-refractivity contribution in [3.63, 3.8) is 0 Å². The zero-order valence-corrected chi connectivity index (χ0v) is 14.4. The number of carbonyl (C=O) groups excluding carboxylic acids is 1. The second-order valence-corrected chi connectivity index (χ2v) is 6.01. The summed E-state index contributed by atoms with van der Waals surface area (Å²) >= 11 is 0. The molecule has 4 nitrogen and oxygen atoms in total. The number of nitrogens with zero attached hydrogens (tertiary/aromatic N) is 2. The normalized spacial score (nSPS) is 10.7. The third-order valence-corrected chi connectivity index (χ3v) is 4.24. The predicted octanol–water partition coefficient (Wildman–Crippen LogP) is 4.36. The van der Waals surface area contributed by atoms with Crippen LogP contribution < -0.4 is 5.32 Å². The molecular weight excluding hydrogens is 298 g/mol. The summed E-state index contributed by atoms with van der Waals surface area (Å²) in [6, 6.07) is 15.8. The van der Waals surface area contributed by atoms with Crippen molar-refractivity contribution in [2.24, 2.45) is 0 Å². The Kier molecular flexibility index (Phi) is 4.21. The van der Waals surface area contributed by atoms with Gasteiger partial charge < -0.3 is 5.32 Å². The molecule has 0 aliphatic heterocycles. The maximum atomic E-state index is 12.8. The Bertz CT molecular complexity index is 874. The summed E-state index contributed by atoms with van der Waals surface area (Å²) in [6.45, 7) is 7.78. The van der Waals surface area contributed by atoms with Gasteiger partial charge in [0.2, 0.25) is 0 Å². The lowest BCUT2D eigenvalue weighted by atomic mass is 10.1. The molecule has 3 rings (SSSR count). The van der Waals surface area contributed by atoms with Gasteiger partial charge in [0.05, 0.1) is 22.6 Å². The second-order valence-electron chi connectivity index (χ2n) is 6.01. The number of aryl methyl sites for hydroxylation is 3. The Hall–Kier alpha value is -2.88. The van der Waals surface area contributed by atoms with Gasteiger partial charge in [0.25, 0.3) is 5.91 Å². The monoisotopic (exact) mass is 319 g/mol. The van der Waals surface area contributed by atoms with Crippen LogP contribution in [0, 0.1) is 27.7 Å². The number of aromatic nitrogens is 2. The standard InChI is InChI=1S/C20H21N3O/c1-13-9-8-10-14(2)19(13)21-20(24)18-15(3)22-23(16(18)4)17-11-6-5-7-12-17/h5-12H,1-4H3,(H,21,24). The second kappa shape index (κ2) is 6.32. The molecule has 0 radical (unpaired) electrons. The average Bonchev–Trinajstić information content (AvgIpc) is 2.86. The van der Waals surface area contributed by atoms with E-state index in [4.69, 9.17) is 0 Å². The summed E-state index contributed by atoms with van der Waals surface area (Å²) in [5.41, 5.74) is 6.10. The number of benzene rings is 2. The van der Waals surface area contributed by atoms with Gasteiger partial charge in [-0.05, 0) is 51.0 Å². The van der Waals surface area contributed by atoms with Crippen LogP contribution >= 0.6 is 0 Å². The number of anilines is 1. The lowest BCUT2D eigenvalue weighted by Crippen LogP contribution is -2.15. The maximum absolute atomic E-state index is 12.8. The van der Waals surface area contributed by atoms with E-state index in [-0.39, 0.29) is 5.91 Å². The van der Waals surface area contributed by atoms with Gasteiger partial charge in [0.15, 0.2) is 0 Å². The highest BCUT2D eigenvalue weighted by atomic mass is 16.1. The highest BCUT2D eigenvalue weighted by Gasteiger charge is 2.20. The number of hydrogen-bond acceptors (Lipinski definition) is 2. The molecule has 122 valence electrons. The van der Waals surface area contributed by atoms with Crippen molar-refractivity contribution < 1.29 is 4.79 Å². The first-order chi connectivity index (χ1) is 11.5. The minimum absolute atomic E-state index is 0.121. The van der Waals surface area contributed by atoms with E-state index in [0.29, 0.717) is 5.56 Å². The van der Waals surface area contributed by atoms with Crippen molar-refractivity contribution in [1.82, 2.24) is 9.78 Å². The molecule has 1 N–H and O–H groups in total. The van der Waals surface area contributed by atoms with Crippen molar-refractivity contribution in [2.45, 2.75) is 27.7 Å². The molecule has 0 fully saturated rings. The van der Waals surface area contributed by atoms with Crippen LogP contribution in [0.5, 0.6) is 0 Å². The number of rotatable bonds is 3. The molecule has 1 amide bonds. The van der Waals surface area contributed by atoms with Crippen LogP contribution in [0.25, 0.3) is 5.69 Å². The van der Waals surface area contributed by atoms with Gasteiger partial charge in [-0.3, -0.25) is 4.79 Å². The van der Waals surface area contributed by atoms with Gasteiger partial charge in [-0.1, -0.05) is 36.4 Å². The Balaban J connectivity index is 1.98. The molecule has 0 spiro atoms. The number of amides is 1. The number of carbonyl (C=O) groups is 1. The zero-order valence-electron chi connectivity index (χ0n) is 14.4. The van der Waals surface area contributed by atoms with E-state index < -0.39 is 0 Å².